The van der Waals surface area contributed by atoms with E-state index in [1.807, 2.05) is 24.3 Å². The van der Waals surface area contributed by atoms with Gasteiger partial charge < -0.3 is 14.6 Å². The molecule has 0 aliphatic carbocycles. The molecule has 2 aromatic heterocycles. The van der Waals surface area contributed by atoms with Gasteiger partial charge in [0.2, 0.25) is 5.91 Å². The summed E-state index contributed by atoms with van der Waals surface area (Å²) < 4.78 is 7.48. The van der Waals surface area contributed by atoms with Gasteiger partial charge in [0.1, 0.15) is 5.75 Å². The first-order valence-electron chi connectivity index (χ1n) is 7.13. The lowest BCUT2D eigenvalue weighted by atomic mass is 10.2. The number of hydrogen-bond acceptors (Lipinski definition) is 3. The smallest absolute Gasteiger partial charge is 0.222 e. The van der Waals surface area contributed by atoms with Crippen LogP contribution in [0.1, 0.15) is 13.8 Å². The van der Waals surface area contributed by atoms with Crippen LogP contribution in [-0.2, 0) is 11.3 Å². The van der Waals surface area contributed by atoms with Crippen LogP contribution in [0.5, 0.6) is 5.75 Å². The van der Waals surface area contributed by atoms with Gasteiger partial charge in [0, 0.05) is 30.4 Å². The van der Waals surface area contributed by atoms with E-state index in [1.165, 1.54) is 6.92 Å². The maximum Gasteiger partial charge on any atom is 0.222 e. The molecule has 0 unspecified atom stereocenters. The molecule has 1 amide bonds. The minimum atomic E-state index is -0.140. The maximum atomic E-state index is 11.1. The van der Waals surface area contributed by atoms with Gasteiger partial charge in [0.15, 0.2) is 5.82 Å². The van der Waals surface area contributed by atoms with Gasteiger partial charge in [-0.3, -0.25) is 9.89 Å². The Balaban J connectivity index is 2.09. The minimum absolute atomic E-state index is 0.140. The molecule has 3 aromatic rings. The molecule has 1 aromatic carbocycles. The number of hydrogen-bond donors (Lipinski definition) is 2. The molecule has 6 nitrogen and oxygen atoms in total. The molecule has 0 saturated heterocycles. The van der Waals surface area contributed by atoms with E-state index in [0.29, 0.717) is 5.82 Å². The fraction of sp³-hybridized carbons (Fsp3) is 0.250. The lowest BCUT2D eigenvalue weighted by molar-refractivity contribution is -0.114. The quantitative estimate of drug-likeness (QED) is 0.777. The first kappa shape index (κ1) is 14.2. The molecule has 0 atom stereocenters. The second kappa shape index (κ2) is 5.55. The third-order valence-electron chi connectivity index (χ3n) is 3.58. The third kappa shape index (κ3) is 2.43. The van der Waals surface area contributed by atoms with Gasteiger partial charge >= 0.3 is 0 Å². The Bertz CT molecular complexity index is 832. The van der Waals surface area contributed by atoms with Crippen LogP contribution in [0.25, 0.3) is 22.3 Å². The number of carbonyl (C=O) groups excluding carboxylic acids is 1. The summed E-state index contributed by atoms with van der Waals surface area (Å²) in [5, 5.41) is 10.9. The van der Waals surface area contributed by atoms with Crippen molar-refractivity contribution in [2.45, 2.75) is 20.4 Å². The van der Waals surface area contributed by atoms with Crippen LogP contribution in [0.2, 0.25) is 0 Å². The average molecular weight is 298 g/mol. The lowest BCUT2D eigenvalue weighted by Crippen LogP contribution is -2.05. The fourth-order valence-corrected chi connectivity index (χ4v) is 2.64. The zero-order valence-electron chi connectivity index (χ0n) is 12.8. The van der Waals surface area contributed by atoms with Crippen molar-refractivity contribution in [3.63, 3.8) is 0 Å². The number of nitrogens with zero attached hydrogens (tertiary/aromatic N) is 2. The summed E-state index contributed by atoms with van der Waals surface area (Å²) in [5.41, 5.74) is 3.02. The first-order valence-corrected chi connectivity index (χ1v) is 7.13. The topological polar surface area (TPSA) is 71.9 Å². The molecule has 0 aliphatic heterocycles. The van der Waals surface area contributed by atoms with E-state index < -0.39 is 0 Å². The highest BCUT2D eigenvalue weighted by atomic mass is 16.5. The largest absolute Gasteiger partial charge is 0.497 e. The third-order valence-corrected chi connectivity index (χ3v) is 3.58. The molecule has 0 bridgehead atoms. The number of methoxy groups -OCH3 is 1. The summed E-state index contributed by atoms with van der Waals surface area (Å²) in [7, 11) is 1.66. The number of carbonyl (C=O) groups is 1. The van der Waals surface area contributed by atoms with Crippen LogP contribution >= 0.6 is 0 Å². The number of fused-ring (bicyclic) bond motifs is 1. The van der Waals surface area contributed by atoms with Gasteiger partial charge in [-0.2, -0.15) is 5.10 Å². The van der Waals surface area contributed by atoms with E-state index in [4.69, 9.17) is 4.74 Å². The Morgan fingerprint density at radius 2 is 2.18 bits per heavy atom. The minimum Gasteiger partial charge on any atom is -0.497 e. The number of aromatic nitrogens is 3. The van der Waals surface area contributed by atoms with Crippen molar-refractivity contribution in [2.75, 3.05) is 12.4 Å². The summed E-state index contributed by atoms with van der Waals surface area (Å²) in [6.45, 7) is 4.39. The van der Waals surface area contributed by atoms with Crippen molar-refractivity contribution < 1.29 is 9.53 Å². The molecule has 0 radical (unpaired) electrons. The highest BCUT2D eigenvalue weighted by Crippen LogP contribution is 2.30. The van der Waals surface area contributed by atoms with E-state index in [1.54, 1.807) is 7.11 Å². The molecule has 2 N–H and O–H groups in total. The number of rotatable bonds is 4. The number of aryl methyl sites for hydroxylation is 1. The summed E-state index contributed by atoms with van der Waals surface area (Å²) in [6, 6.07) is 9.93. The Kier molecular flexibility index (Phi) is 3.58. The maximum absolute atomic E-state index is 11.1. The first-order chi connectivity index (χ1) is 10.6. The summed E-state index contributed by atoms with van der Waals surface area (Å²) in [6.07, 6.45) is 0. The number of anilines is 1. The predicted octanol–water partition coefficient (Wildman–Crippen LogP) is 3.02. The van der Waals surface area contributed by atoms with Crippen LogP contribution in [-0.4, -0.2) is 27.8 Å². The van der Waals surface area contributed by atoms with E-state index in [2.05, 4.69) is 33.1 Å². The van der Waals surface area contributed by atoms with E-state index in [9.17, 15) is 4.79 Å². The van der Waals surface area contributed by atoms with E-state index in [-0.39, 0.29) is 5.91 Å². The lowest BCUT2D eigenvalue weighted by Gasteiger charge is -2.06. The predicted molar refractivity (Wildman–Crippen MR) is 86.0 cm³/mol. The molecule has 2 heterocycles. The highest BCUT2D eigenvalue weighted by molar-refractivity contribution is 5.90. The molecule has 22 heavy (non-hydrogen) atoms. The Morgan fingerprint density at radius 3 is 2.86 bits per heavy atom. The van der Waals surface area contributed by atoms with Crippen molar-refractivity contribution in [3.05, 3.63) is 30.3 Å². The molecule has 3 rings (SSSR count). The average Bonchev–Trinajstić information content (AvgIpc) is 3.09. The van der Waals surface area contributed by atoms with Crippen molar-refractivity contribution in [1.29, 1.82) is 0 Å². The molecule has 0 spiro atoms. The normalized spacial score (nSPS) is 10.9. The second-order valence-electron chi connectivity index (χ2n) is 5.05. The number of ether oxygens (including phenoxy) is 1. The van der Waals surface area contributed by atoms with Gasteiger partial charge in [-0.15, -0.1) is 0 Å². The van der Waals surface area contributed by atoms with E-state index in [0.717, 1.165) is 34.6 Å². The summed E-state index contributed by atoms with van der Waals surface area (Å²) >= 11 is 0. The van der Waals surface area contributed by atoms with Crippen LogP contribution in [0.3, 0.4) is 0 Å². The fourth-order valence-electron chi connectivity index (χ4n) is 2.64. The molecular formula is C16H18N4O2. The highest BCUT2D eigenvalue weighted by Gasteiger charge is 2.13. The van der Waals surface area contributed by atoms with Crippen LogP contribution in [0.4, 0.5) is 5.82 Å². The van der Waals surface area contributed by atoms with Crippen molar-refractivity contribution in [2.24, 2.45) is 0 Å². The monoisotopic (exact) mass is 298 g/mol. The van der Waals surface area contributed by atoms with E-state index >= 15 is 0 Å². The van der Waals surface area contributed by atoms with Crippen LogP contribution in [0, 0.1) is 0 Å². The number of amides is 1. The summed E-state index contributed by atoms with van der Waals surface area (Å²) in [5.74, 6) is 1.21. The standard InChI is InChI=1S/C16H18N4O2/c1-4-20-14-6-5-12(22-3)7-11(14)8-15(20)13-9-16(19-18-13)17-10(2)21/h5-9H,4H2,1-3H3,(H2,17,18,19,21). The Morgan fingerprint density at radius 1 is 1.36 bits per heavy atom. The second-order valence-corrected chi connectivity index (χ2v) is 5.05. The number of nitrogens with one attached hydrogen (secondary N) is 2. The van der Waals surface area contributed by atoms with Gasteiger partial charge in [-0.05, 0) is 31.2 Å². The zero-order chi connectivity index (χ0) is 15.7. The molecule has 0 saturated carbocycles. The van der Waals surface area contributed by atoms with Gasteiger partial charge in [-0.1, -0.05) is 0 Å². The molecule has 0 fully saturated rings. The van der Waals surface area contributed by atoms with Crippen molar-refractivity contribution in [1.82, 2.24) is 14.8 Å². The summed E-state index contributed by atoms with van der Waals surface area (Å²) in [4.78, 5) is 11.1. The Hall–Kier alpha value is -2.76. The molecule has 6 heteroatoms. The van der Waals surface area contributed by atoms with Gasteiger partial charge in [-0.25, -0.2) is 0 Å². The van der Waals surface area contributed by atoms with Crippen LogP contribution < -0.4 is 10.1 Å². The van der Waals surface area contributed by atoms with Crippen LogP contribution in [0.15, 0.2) is 30.3 Å². The Labute approximate surface area is 128 Å². The molecule has 0 aliphatic rings. The van der Waals surface area contributed by atoms with Gasteiger partial charge in [0.25, 0.3) is 0 Å². The van der Waals surface area contributed by atoms with Crippen molar-refractivity contribution in [3.8, 4) is 17.1 Å². The number of benzene rings is 1. The molecular weight excluding hydrogens is 280 g/mol. The SMILES string of the molecule is CCn1c(-c2cc(NC(C)=O)n[nH]2)cc2cc(OC)ccc21. The zero-order valence-corrected chi connectivity index (χ0v) is 12.8. The van der Waals surface area contributed by atoms with Crippen molar-refractivity contribution >= 4 is 22.6 Å². The molecule has 114 valence electrons. The van der Waals surface area contributed by atoms with Gasteiger partial charge in [0.05, 0.1) is 18.5 Å². The number of aromatic amines is 1. The number of H-pyrrole nitrogens is 1.